The molecule has 2 atom stereocenters. The lowest BCUT2D eigenvalue weighted by Gasteiger charge is -2.26. The van der Waals surface area contributed by atoms with Crippen LogP contribution in [0, 0.1) is 11.8 Å². The maximum atomic E-state index is 12.3. The first kappa shape index (κ1) is 18.7. The van der Waals surface area contributed by atoms with Gasteiger partial charge in [0.2, 0.25) is 11.8 Å². The first-order valence-corrected chi connectivity index (χ1v) is 9.25. The van der Waals surface area contributed by atoms with Gasteiger partial charge in [0.1, 0.15) is 6.04 Å². The van der Waals surface area contributed by atoms with Crippen LogP contribution >= 0.6 is 0 Å². The molecule has 0 radical (unpaired) electrons. The predicted octanol–water partition coefficient (Wildman–Crippen LogP) is 1.92. The number of hydrogen-bond donors (Lipinski definition) is 2. The summed E-state index contributed by atoms with van der Waals surface area (Å²) < 4.78 is 4.85. The Hall–Kier alpha value is -1.59. The van der Waals surface area contributed by atoms with Crippen LogP contribution in [0.2, 0.25) is 0 Å². The highest BCUT2D eigenvalue weighted by atomic mass is 16.5. The number of esters is 1. The minimum Gasteiger partial charge on any atom is -0.467 e. The third kappa shape index (κ3) is 5.80. The van der Waals surface area contributed by atoms with Gasteiger partial charge < -0.3 is 15.4 Å². The minimum atomic E-state index is -0.598. The zero-order chi connectivity index (χ0) is 17.4. The molecule has 2 aliphatic rings. The van der Waals surface area contributed by atoms with E-state index in [-0.39, 0.29) is 30.1 Å². The van der Waals surface area contributed by atoms with Gasteiger partial charge in [-0.05, 0) is 25.2 Å². The van der Waals surface area contributed by atoms with Crippen molar-refractivity contribution in [2.75, 3.05) is 13.7 Å². The Morgan fingerprint density at radius 3 is 2.58 bits per heavy atom. The molecule has 6 nitrogen and oxygen atoms in total. The standard InChI is InChI=1S/C18H30N2O4/c1-24-18(23)15(11-13-7-3-2-4-8-13)20-16(21)12-14-9-5-6-10-19-17(14)22/h13-15H,2-12H2,1H3,(H,19,22)(H,20,21)/t14-,15-/m0/s1. The predicted molar refractivity (Wildman–Crippen MR) is 90.1 cm³/mol. The van der Waals surface area contributed by atoms with E-state index in [2.05, 4.69) is 10.6 Å². The number of methoxy groups -OCH3 is 1. The average Bonchev–Trinajstić information content (AvgIpc) is 2.79. The van der Waals surface area contributed by atoms with Gasteiger partial charge >= 0.3 is 5.97 Å². The van der Waals surface area contributed by atoms with Crippen LogP contribution in [-0.2, 0) is 19.1 Å². The molecule has 0 aromatic heterocycles. The lowest BCUT2D eigenvalue weighted by molar-refractivity contribution is -0.145. The van der Waals surface area contributed by atoms with Crippen LogP contribution in [0.15, 0.2) is 0 Å². The second-order valence-corrected chi connectivity index (χ2v) is 7.07. The molecule has 1 saturated heterocycles. The van der Waals surface area contributed by atoms with E-state index in [1.807, 2.05) is 0 Å². The second kappa shape index (κ2) is 9.64. The van der Waals surface area contributed by atoms with Crippen LogP contribution in [-0.4, -0.2) is 37.5 Å². The normalized spacial score (nSPS) is 23.7. The van der Waals surface area contributed by atoms with Gasteiger partial charge in [0, 0.05) is 18.9 Å². The molecule has 0 aromatic carbocycles. The first-order valence-electron chi connectivity index (χ1n) is 9.25. The summed E-state index contributed by atoms with van der Waals surface area (Å²) in [6.45, 7) is 0.684. The Morgan fingerprint density at radius 2 is 1.88 bits per heavy atom. The molecule has 2 rings (SSSR count). The van der Waals surface area contributed by atoms with Crippen molar-refractivity contribution in [1.29, 1.82) is 0 Å². The lowest BCUT2D eigenvalue weighted by Crippen LogP contribution is -2.44. The monoisotopic (exact) mass is 338 g/mol. The summed E-state index contributed by atoms with van der Waals surface area (Å²) >= 11 is 0. The van der Waals surface area contributed by atoms with E-state index in [4.69, 9.17) is 4.74 Å². The average molecular weight is 338 g/mol. The number of carbonyl (C=O) groups excluding carboxylic acids is 3. The van der Waals surface area contributed by atoms with Gasteiger partial charge in [0.05, 0.1) is 7.11 Å². The molecular formula is C18H30N2O4. The number of amides is 2. The van der Waals surface area contributed by atoms with Crippen molar-refractivity contribution in [3.63, 3.8) is 0 Å². The highest BCUT2D eigenvalue weighted by Crippen LogP contribution is 2.27. The van der Waals surface area contributed by atoms with Crippen molar-refractivity contribution in [3.05, 3.63) is 0 Å². The number of rotatable bonds is 6. The van der Waals surface area contributed by atoms with Gasteiger partial charge in [-0.15, -0.1) is 0 Å². The molecule has 1 aliphatic carbocycles. The van der Waals surface area contributed by atoms with Crippen molar-refractivity contribution in [1.82, 2.24) is 10.6 Å². The zero-order valence-electron chi connectivity index (χ0n) is 14.6. The molecule has 2 fully saturated rings. The summed E-state index contributed by atoms with van der Waals surface area (Å²) in [5.74, 6) is -0.503. The third-order valence-electron chi connectivity index (χ3n) is 5.20. The van der Waals surface area contributed by atoms with Crippen LogP contribution in [0.1, 0.15) is 64.2 Å². The molecular weight excluding hydrogens is 308 g/mol. The molecule has 24 heavy (non-hydrogen) atoms. The number of ether oxygens (including phenoxy) is 1. The van der Waals surface area contributed by atoms with Crippen LogP contribution < -0.4 is 10.6 Å². The Balaban J connectivity index is 1.88. The van der Waals surface area contributed by atoms with Gasteiger partial charge in [-0.2, -0.15) is 0 Å². The molecule has 136 valence electrons. The SMILES string of the molecule is COC(=O)[C@H](CC1CCCCC1)NC(=O)C[C@@H]1CCCCNC1=O. The van der Waals surface area contributed by atoms with Crippen LogP contribution in [0.3, 0.4) is 0 Å². The Kier molecular flexibility index (Phi) is 7.53. The van der Waals surface area contributed by atoms with Gasteiger partial charge in [-0.1, -0.05) is 38.5 Å². The van der Waals surface area contributed by atoms with Crippen molar-refractivity contribution >= 4 is 17.8 Å². The number of hydrogen-bond acceptors (Lipinski definition) is 4. The molecule has 2 amide bonds. The molecule has 0 unspecified atom stereocenters. The lowest BCUT2D eigenvalue weighted by atomic mass is 9.84. The van der Waals surface area contributed by atoms with Crippen molar-refractivity contribution in [2.45, 2.75) is 70.3 Å². The number of nitrogens with one attached hydrogen (secondary N) is 2. The third-order valence-corrected chi connectivity index (χ3v) is 5.20. The van der Waals surface area contributed by atoms with E-state index in [1.54, 1.807) is 0 Å². The zero-order valence-corrected chi connectivity index (χ0v) is 14.6. The molecule has 1 aliphatic heterocycles. The van der Waals surface area contributed by atoms with Crippen molar-refractivity contribution < 1.29 is 19.1 Å². The molecule has 2 N–H and O–H groups in total. The van der Waals surface area contributed by atoms with Gasteiger partial charge in [-0.3, -0.25) is 9.59 Å². The van der Waals surface area contributed by atoms with E-state index < -0.39 is 6.04 Å². The summed E-state index contributed by atoms with van der Waals surface area (Å²) in [7, 11) is 1.35. The highest BCUT2D eigenvalue weighted by Gasteiger charge is 2.29. The van der Waals surface area contributed by atoms with E-state index in [0.29, 0.717) is 18.9 Å². The summed E-state index contributed by atoms with van der Waals surface area (Å²) in [5, 5.41) is 5.65. The Bertz CT molecular complexity index is 446. The molecule has 6 heteroatoms. The summed E-state index contributed by atoms with van der Waals surface area (Å²) in [6, 6.07) is -0.598. The van der Waals surface area contributed by atoms with E-state index in [0.717, 1.165) is 32.1 Å². The summed E-state index contributed by atoms with van der Waals surface area (Å²) in [4.78, 5) is 36.3. The van der Waals surface area contributed by atoms with Gasteiger partial charge in [0.15, 0.2) is 0 Å². The fraction of sp³-hybridized carbons (Fsp3) is 0.833. The summed E-state index contributed by atoms with van der Waals surface area (Å²) in [5.41, 5.74) is 0. The van der Waals surface area contributed by atoms with Gasteiger partial charge in [-0.25, -0.2) is 4.79 Å². The quantitative estimate of drug-likeness (QED) is 0.725. The second-order valence-electron chi connectivity index (χ2n) is 7.07. The topological polar surface area (TPSA) is 84.5 Å². The van der Waals surface area contributed by atoms with E-state index >= 15 is 0 Å². The molecule has 1 heterocycles. The molecule has 1 saturated carbocycles. The maximum Gasteiger partial charge on any atom is 0.328 e. The van der Waals surface area contributed by atoms with Crippen LogP contribution in [0.25, 0.3) is 0 Å². The van der Waals surface area contributed by atoms with Crippen molar-refractivity contribution in [3.8, 4) is 0 Å². The smallest absolute Gasteiger partial charge is 0.328 e. The van der Waals surface area contributed by atoms with E-state index in [1.165, 1.54) is 26.4 Å². The van der Waals surface area contributed by atoms with Crippen molar-refractivity contribution in [2.24, 2.45) is 11.8 Å². The molecule has 0 aromatic rings. The first-order chi connectivity index (χ1) is 11.6. The number of carbonyl (C=O) groups is 3. The fourth-order valence-corrected chi connectivity index (χ4v) is 3.79. The Labute approximate surface area is 144 Å². The highest BCUT2D eigenvalue weighted by molar-refractivity contribution is 5.88. The van der Waals surface area contributed by atoms with Crippen LogP contribution in [0.5, 0.6) is 0 Å². The Morgan fingerprint density at radius 1 is 1.17 bits per heavy atom. The molecule has 0 bridgehead atoms. The fourth-order valence-electron chi connectivity index (χ4n) is 3.79. The molecule has 0 spiro atoms. The minimum absolute atomic E-state index is 0.0513. The maximum absolute atomic E-state index is 12.3. The van der Waals surface area contributed by atoms with Gasteiger partial charge in [0.25, 0.3) is 0 Å². The van der Waals surface area contributed by atoms with E-state index in [9.17, 15) is 14.4 Å². The summed E-state index contributed by atoms with van der Waals surface area (Å²) in [6.07, 6.45) is 9.24. The largest absolute Gasteiger partial charge is 0.467 e. The van der Waals surface area contributed by atoms with Crippen LogP contribution in [0.4, 0.5) is 0 Å².